The van der Waals surface area contributed by atoms with Crippen LogP contribution in [0.15, 0.2) is 24.3 Å². The topological polar surface area (TPSA) is 89.3 Å². The van der Waals surface area contributed by atoms with Gasteiger partial charge >= 0.3 is 0 Å². The summed E-state index contributed by atoms with van der Waals surface area (Å²) in [5, 5.41) is 0.393. The van der Waals surface area contributed by atoms with Gasteiger partial charge in [0.15, 0.2) is 11.6 Å². The van der Waals surface area contributed by atoms with Gasteiger partial charge in [-0.25, -0.2) is 4.90 Å². The number of halogens is 1. The van der Waals surface area contributed by atoms with E-state index in [2.05, 4.69) is 0 Å². The first-order valence-electron chi connectivity index (χ1n) is 10.5. The molecule has 3 aliphatic rings. The Kier molecular flexibility index (Phi) is 5.64. The Bertz CT molecular complexity index is 816. The second kappa shape index (κ2) is 8.05. The average Bonchev–Trinajstić information content (AvgIpc) is 3.03. The number of imide groups is 1. The fourth-order valence-corrected chi connectivity index (χ4v) is 5.63. The molecule has 4 rings (SSSR count). The molecule has 3 fully saturated rings. The molecule has 1 aromatic rings. The maximum absolute atomic E-state index is 13.1. The Labute approximate surface area is 175 Å². The molecule has 0 saturated carbocycles. The number of nitrogens with two attached hydrogens (primary N) is 1. The average molecular weight is 421 g/mol. The maximum atomic E-state index is 13.1. The van der Waals surface area contributed by atoms with Gasteiger partial charge in [-0.2, -0.15) is 0 Å². The molecule has 1 aromatic carbocycles. The van der Waals surface area contributed by atoms with Crippen molar-refractivity contribution in [2.45, 2.75) is 50.1 Å². The summed E-state index contributed by atoms with van der Waals surface area (Å²) < 4.78 is 0. The second-order valence-corrected chi connectivity index (χ2v) is 8.95. The summed E-state index contributed by atoms with van der Waals surface area (Å²) in [4.78, 5) is 41.8. The van der Waals surface area contributed by atoms with Crippen molar-refractivity contribution in [2.75, 3.05) is 31.1 Å². The molecule has 29 heavy (non-hydrogen) atoms. The van der Waals surface area contributed by atoms with Crippen LogP contribution in [0.5, 0.6) is 0 Å². The summed E-state index contributed by atoms with van der Waals surface area (Å²) in [5.74, 6) is -0.635. The standard InChI is InChI=1S/C21H27ClN4O3/c22-15-6-2-3-7-16(15)26-18(27)14-17(19(26)28)24-12-8-21(9-13-24,20(23)29)25-10-4-1-5-11-25/h2-3,6-7,17H,1,4-5,8-14H2,(H2,23,29)/p+2/t17-/m0/s1. The van der Waals surface area contributed by atoms with Crippen LogP contribution in [0.1, 0.15) is 38.5 Å². The summed E-state index contributed by atoms with van der Waals surface area (Å²) in [6, 6.07) is 6.51. The molecular formula is C21H29ClN4O3+2. The van der Waals surface area contributed by atoms with Crippen LogP contribution in [-0.4, -0.2) is 55.5 Å². The molecule has 0 aliphatic carbocycles. The molecule has 0 unspecified atom stereocenters. The van der Waals surface area contributed by atoms with Crippen molar-refractivity contribution in [3.63, 3.8) is 0 Å². The first-order chi connectivity index (χ1) is 13.9. The van der Waals surface area contributed by atoms with Crippen LogP contribution in [0.25, 0.3) is 0 Å². The van der Waals surface area contributed by atoms with E-state index in [9.17, 15) is 14.4 Å². The predicted molar refractivity (Wildman–Crippen MR) is 109 cm³/mol. The van der Waals surface area contributed by atoms with Gasteiger partial charge in [0, 0.05) is 0 Å². The summed E-state index contributed by atoms with van der Waals surface area (Å²) in [7, 11) is 0. The number of benzene rings is 1. The van der Waals surface area contributed by atoms with Gasteiger partial charge in [0.25, 0.3) is 11.8 Å². The molecule has 0 spiro atoms. The molecule has 3 heterocycles. The zero-order valence-corrected chi connectivity index (χ0v) is 17.3. The number of rotatable bonds is 4. The largest absolute Gasteiger partial charge is 0.364 e. The normalized spacial score (nSPS) is 31.3. The van der Waals surface area contributed by atoms with Gasteiger partial charge in [0.1, 0.15) is 0 Å². The van der Waals surface area contributed by atoms with E-state index >= 15 is 0 Å². The van der Waals surface area contributed by atoms with Gasteiger partial charge in [-0.05, 0) is 31.4 Å². The number of carbonyl (C=O) groups is 3. The van der Waals surface area contributed by atoms with Crippen molar-refractivity contribution in [3.05, 3.63) is 29.3 Å². The summed E-state index contributed by atoms with van der Waals surface area (Å²) in [6.07, 6.45) is 4.98. The van der Waals surface area contributed by atoms with Crippen molar-refractivity contribution in [1.82, 2.24) is 0 Å². The second-order valence-electron chi connectivity index (χ2n) is 8.54. The fourth-order valence-electron chi connectivity index (χ4n) is 5.41. The smallest absolute Gasteiger partial charge is 0.292 e. The Morgan fingerprint density at radius 3 is 2.34 bits per heavy atom. The van der Waals surface area contributed by atoms with Crippen molar-refractivity contribution < 1.29 is 24.2 Å². The molecule has 8 heteroatoms. The molecule has 3 amide bonds. The number of quaternary nitrogens is 2. The van der Waals surface area contributed by atoms with Gasteiger partial charge in [-0.3, -0.25) is 14.4 Å². The lowest BCUT2D eigenvalue weighted by atomic mass is 9.83. The first kappa shape index (κ1) is 20.3. The van der Waals surface area contributed by atoms with Crippen LogP contribution in [0.4, 0.5) is 5.69 Å². The summed E-state index contributed by atoms with van der Waals surface area (Å²) in [5.41, 5.74) is 5.80. The van der Waals surface area contributed by atoms with Crippen molar-refractivity contribution >= 4 is 35.0 Å². The lowest BCUT2D eigenvalue weighted by molar-refractivity contribution is -0.978. The number of likely N-dealkylation sites (tertiary alicyclic amines) is 2. The molecule has 4 N–H and O–H groups in total. The number of hydrogen-bond acceptors (Lipinski definition) is 3. The van der Waals surface area contributed by atoms with E-state index in [1.54, 1.807) is 24.3 Å². The maximum Gasteiger partial charge on any atom is 0.292 e. The minimum absolute atomic E-state index is 0.180. The van der Waals surface area contributed by atoms with E-state index in [0.717, 1.165) is 30.8 Å². The third kappa shape index (κ3) is 3.56. The molecule has 3 aliphatic heterocycles. The number of hydrogen-bond donors (Lipinski definition) is 3. The van der Waals surface area contributed by atoms with Crippen LogP contribution in [0.2, 0.25) is 5.02 Å². The molecule has 1 atom stereocenters. The molecule has 7 nitrogen and oxygen atoms in total. The minimum Gasteiger partial charge on any atom is -0.364 e. The highest BCUT2D eigenvalue weighted by Crippen LogP contribution is 2.29. The quantitative estimate of drug-likeness (QED) is 0.543. The van der Waals surface area contributed by atoms with Crippen molar-refractivity contribution in [3.8, 4) is 0 Å². The number of piperidine rings is 2. The number of amides is 3. The van der Waals surface area contributed by atoms with Crippen LogP contribution >= 0.6 is 11.6 Å². The van der Waals surface area contributed by atoms with Gasteiger partial charge in [0.05, 0.1) is 56.2 Å². The third-order valence-electron chi connectivity index (χ3n) is 7.08. The SMILES string of the molecule is NC(=O)C1([NH+]2CCCCC2)CC[NH+]([C@H]2CC(=O)N(c3ccccc3Cl)C2=O)CC1. The monoisotopic (exact) mass is 420 g/mol. The zero-order chi connectivity index (χ0) is 20.6. The lowest BCUT2D eigenvalue weighted by Gasteiger charge is -2.44. The molecule has 156 valence electrons. The highest BCUT2D eigenvalue weighted by atomic mass is 35.5. The first-order valence-corrected chi connectivity index (χ1v) is 10.9. The molecular weight excluding hydrogens is 392 g/mol. The Morgan fingerprint density at radius 2 is 1.72 bits per heavy atom. The van der Waals surface area contributed by atoms with Gasteiger partial charge < -0.3 is 15.5 Å². The predicted octanol–water partition coefficient (Wildman–Crippen LogP) is -1.06. The third-order valence-corrected chi connectivity index (χ3v) is 7.40. The van der Waals surface area contributed by atoms with Crippen molar-refractivity contribution in [1.29, 1.82) is 0 Å². The fraction of sp³-hybridized carbons (Fsp3) is 0.571. The van der Waals surface area contributed by atoms with E-state index in [4.69, 9.17) is 17.3 Å². The van der Waals surface area contributed by atoms with Crippen LogP contribution in [0.3, 0.4) is 0 Å². The number of nitrogens with zero attached hydrogens (tertiary/aromatic N) is 1. The van der Waals surface area contributed by atoms with Gasteiger partial charge in [0.2, 0.25) is 5.91 Å². The Balaban J connectivity index is 1.48. The summed E-state index contributed by atoms with van der Waals surface area (Å²) >= 11 is 6.22. The molecule has 3 saturated heterocycles. The molecule has 0 radical (unpaired) electrons. The minimum atomic E-state index is -0.530. The van der Waals surface area contributed by atoms with E-state index in [0.29, 0.717) is 36.6 Å². The summed E-state index contributed by atoms with van der Waals surface area (Å²) in [6.45, 7) is 3.32. The molecule has 0 aromatic heterocycles. The van der Waals surface area contributed by atoms with E-state index in [1.807, 2.05) is 0 Å². The van der Waals surface area contributed by atoms with Crippen molar-refractivity contribution in [2.24, 2.45) is 5.73 Å². The lowest BCUT2D eigenvalue weighted by Crippen LogP contribution is -3.27. The van der Waals surface area contributed by atoms with Crippen LogP contribution in [-0.2, 0) is 14.4 Å². The highest BCUT2D eigenvalue weighted by molar-refractivity contribution is 6.36. The van der Waals surface area contributed by atoms with Crippen LogP contribution < -0.4 is 20.4 Å². The van der Waals surface area contributed by atoms with Gasteiger partial charge in [-0.1, -0.05) is 23.7 Å². The van der Waals surface area contributed by atoms with Gasteiger partial charge in [-0.15, -0.1) is 0 Å². The number of carbonyl (C=O) groups excluding carboxylic acids is 3. The zero-order valence-electron chi connectivity index (χ0n) is 16.6. The molecule has 0 bridgehead atoms. The van der Waals surface area contributed by atoms with E-state index < -0.39 is 11.6 Å². The number of anilines is 1. The number of para-hydroxylation sites is 1. The Morgan fingerprint density at radius 1 is 1.07 bits per heavy atom. The van der Waals surface area contributed by atoms with Crippen LogP contribution in [0, 0.1) is 0 Å². The van der Waals surface area contributed by atoms with E-state index in [1.165, 1.54) is 16.2 Å². The number of primary amides is 1. The van der Waals surface area contributed by atoms with E-state index in [-0.39, 0.29) is 24.1 Å². The number of nitrogens with one attached hydrogen (secondary N) is 2. The Hall–Kier alpha value is -1.96. The highest BCUT2D eigenvalue weighted by Gasteiger charge is 2.54.